The molecule has 2 aromatic rings. The quantitative estimate of drug-likeness (QED) is 0.859. The molecule has 3 fully saturated rings. The summed E-state index contributed by atoms with van der Waals surface area (Å²) in [5.74, 6) is 0.912. The highest BCUT2D eigenvalue weighted by molar-refractivity contribution is 5.84. The molecule has 0 radical (unpaired) electrons. The van der Waals surface area contributed by atoms with Crippen molar-refractivity contribution in [3.05, 3.63) is 17.6 Å². The number of β-amino-alcohol motifs (C(OH)–C–C–N with tert-alkyl or cyclic N) is 1. The lowest BCUT2D eigenvalue weighted by atomic mass is 9.70. The number of rotatable bonds is 3. The van der Waals surface area contributed by atoms with E-state index in [4.69, 9.17) is 0 Å². The van der Waals surface area contributed by atoms with Crippen molar-refractivity contribution in [1.29, 1.82) is 0 Å². The molecule has 1 spiro atoms. The number of aliphatic hydroxyl groups excluding tert-OH is 1. The van der Waals surface area contributed by atoms with Crippen LogP contribution >= 0.6 is 0 Å². The molecule has 4 heterocycles. The van der Waals surface area contributed by atoms with Crippen LogP contribution in [0.1, 0.15) is 43.4 Å². The minimum atomic E-state index is -0.414. The molecule has 1 unspecified atom stereocenters. The van der Waals surface area contributed by atoms with E-state index in [2.05, 4.69) is 27.1 Å². The maximum Gasteiger partial charge on any atom is 0.229 e. The number of anilines is 1. The van der Waals surface area contributed by atoms with Gasteiger partial charge in [-0.3, -0.25) is 4.79 Å². The molecular formula is C20H28N6O2. The Hall–Kier alpha value is -2.22. The standard InChI is InChI=1S/C20H28N6O2/c1-13-14(2)23-26-12-21-22-18(26)17(13)24-7-5-20(6-8-24)9-16(27)11-25(19(20)28)10-15-3-4-15/h12,15-16,27H,3-11H2,1-2H3. The van der Waals surface area contributed by atoms with Gasteiger partial charge in [0.1, 0.15) is 6.33 Å². The van der Waals surface area contributed by atoms with Crippen LogP contribution in [0, 0.1) is 25.2 Å². The fourth-order valence-electron chi connectivity index (χ4n) is 5.03. The summed E-state index contributed by atoms with van der Waals surface area (Å²) in [5, 5.41) is 23.3. The van der Waals surface area contributed by atoms with Crippen LogP contribution in [0.25, 0.3) is 5.65 Å². The Bertz CT molecular complexity index is 911. The predicted molar refractivity (Wildman–Crippen MR) is 104 cm³/mol. The number of aromatic nitrogens is 4. The zero-order valence-corrected chi connectivity index (χ0v) is 16.6. The van der Waals surface area contributed by atoms with Gasteiger partial charge in [0.2, 0.25) is 11.6 Å². The number of aliphatic hydroxyl groups is 1. The first-order chi connectivity index (χ1) is 13.5. The van der Waals surface area contributed by atoms with Crippen molar-refractivity contribution in [3.63, 3.8) is 0 Å². The van der Waals surface area contributed by atoms with Crippen LogP contribution in [0.15, 0.2) is 6.33 Å². The molecule has 0 aromatic carbocycles. The molecule has 2 saturated heterocycles. The number of carbonyl (C=O) groups excluding carboxylic acids is 1. The van der Waals surface area contributed by atoms with E-state index >= 15 is 0 Å². The van der Waals surface area contributed by atoms with Gasteiger partial charge >= 0.3 is 0 Å². The van der Waals surface area contributed by atoms with Crippen molar-refractivity contribution < 1.29 is 9.90 Å². The largest absolute Gasteiger partial charge is 0.391 e. The Morgan fingerprint density at radius 2 is 2.00 bits per heavy atom. The van der Waals surface area contributed by atoms with Crippen molar-refractivity contribution in [2.24, 2.45) is 11.3 Å². The summed E-state index contributed by atoms with van der Waals surface area (Å²) in [6.45, 7) is 6.96. The van der Waals surface area contributed by atoms with E-state index < -0.39 is 11.5 Å². The van der Waals surface area contributed by atoms with Crippen LogP contribution in [0.3, 0.4) is 0 Å². The Morgan fingerprint density at radius 1 is 1.25 bits per heavy atom. The Labute approximate surface area is 164 Å². The molecule has 2 aliphatic heterocycles. The summed E-state index contributed by atoms with van der Waals surface area (Å²) in [6.07, 6.45) is 5.79. The first-order valence-electron chi connectivity index (χ1n) is 10.4. The summed E-state index contributed by atoms with van der Waals surface area (Å²) >= 11 is 0. The fraction of sp³-hybridized carbons (Fsp3) is 0.700. The molecule has 150 valence electrons. The van der Waals surface area contributed by atoms with Gasteiger partial charge < -0.3 is 14.9 Å². The lowest BCUT2D eigenvalue weighted by Crippen LogP contribution is -2.58. The van der Waals surface area contributed by atoms with Crippen LogP contribution in [-0.4, -0.2) is 68.0 Å². The number of nitrogens with zero attached hydrogens (tertiary/aromatic N) is 6. The molecule has 0 bridgehead atoms. The van der Waals surface area contributed by atoms with Crippen molar-refractivity contribution in [3.8, 4) is 0 Å². The molecule has 1 aliphatic carbocycles. The van der Waals surface area contributed by atoms with Crippen LogP contribution in [0.4, 0.5) is 5.69 Å². The summed E-state index contributed by atoms with van der Waals surface area (Å²) in [4.78, 5) is 17.6. The van der Waals surface area contributed by atoms with Gasteiger partial charge in [-0.2, -0.15) is 9.61 Å². The van der Waals surface area contributed by atoms with E-state index in [9.17, 15) is 9.90 Å². The SMILES string of the molecule is Cc1nn2cnnc2c(N2CCC3(CC2)CC(O)CN(CC2CC2)C3=O)c1C. The number of piperidine rings is 2. The number of carbonyl (C=O) groups is 1. The number of amides is 1. The number of aryl methyl sites for hydroxylation is 1. The Balaban J connectivity index is 1.39. The Morgan fingerprint density at radius 3 is 2.71 bits per heavy atom. The maximum absolute atomic E-state index is 13.3. The third-order valence-corrected chi connectivity index (χ3v) is 6.91. The molecular weight excluding hydrogens is 356 g/mol. The van der Waals surface area contributed by atoms with E-state index in [1.165, 1.54) is 12.8 Å². The summed E-state index contributed by atoms with van der Waals surface area (Å²) in [5.41, 5.74) is 3.50. The van der Waals surface area contributed by atoms with Gasteiger partial charge in [0.15, 0.2) is 0 Å². The van der Waals surface area contributed by atoms with E-state index in [1.54, 1.807) is 10.8 Å². The van der Waals surface area contributed by atoms with Crippen molar-refractivity contribution in [2.45, 2.75) is 52.1 Å². The molecule has 1 N–H and O–H groups in total. The summed E-state index contributed by atoms with van der Waals surface area (Å²) in [7, 11) is 0. The molecule has 8 heteroatoms. The van der Waals surface area contributed by atoms with Gasteiger partial charge in [0, 0.05) is 26.2 Å². The van der Waals surface area contributed by atoms with Gasteiger partial charge in [0.25, 0.3) is 0 Å². The zero-order valence-electron chi connectivity index (χ0n) is 16.6. The molecule has 5 rings (SSSR count). The summed E-state index contributed by atoms with van der Waals surface area (Å²) in [6, 6.07) is 0. The van der Waals surface area contributed by atoms with Gasteiger partial charge in [-0.05, 0) is 57.4 Å². The van der Waals surface area contributed by atoms with Crippen molar-refractivity contribution in [2.75, 3.05) is 31.1 Å². The lowest BCUT2D eigenvalue weighted by molar-refractivity contribution is -0.154. The molecule has 1 atom stereocenters. The molecule has 28 heavy (non-hydrogen) atoms. The molecule has 2 aromatic heterocycles. The molecule has 1 amide bonds. The number of hydrogen-bond acceptors (Lipinski definition) is 6. The zero-order chi connectivity index (χ0) is 19.5. The monoisotopic (exact) mass is 384 g/mol. The third kappa shape index (κ3) is 2.85. The van der Waals surface area contributed by atoms with Crippen LogP contribution in [0.2, 0.25) is 0 Å². The highest BCUT2D eigenvalue weighted by Gasteiger charge is 2.49. The smallest absolute Gasteiger partial charge is 0.229 e. The number of likely N-dealkylation sites (tertiary alicyclic amines) is 1. The number of fused-ring (bicyclic) bond motifs is 1. The fourth-order valence-corrected chi connectivity index (χ4v) is 5.03. The first-order valence-corrected chi connectivity index (χ1v) is 10.4. The van der Waals surface area contributed by atoms with E-state index in [0.717, 1.165) is 55.1 Å². The molecule has 3 aliphatic rings. The van der Waals surface area contributed by atoms with Crippen LogP contribution in [-0.2, 0) is 4.79 Å². The third-order valence-electron chi connectivity index (χ3n) is 6.91. The van der Waals surface area contributed by atoms with Gasteiger partial charge in [0.05, 0.1) is 22.9 Å². The van der Waals surface area contributed by atoms with E-state index in [0.29, 0.717) is 18.9 Å². The number of hydrogen-bond donors (Lipinski definition) is 1. The second-order valence-electron chi connectivity index (χ2n) is 8.94. The highest BCUT2D eigenvalue weighted by atomic mass is 16.3. The highest BCUT2D eigenvalue weighted by Crippen LogP contribution is 2.44. The minimum Gasteiger partial charge on any atom is -0.391 e. The van der Waals surface area contributed by atoms with Gasteiger partial charge in [-0.1, -0.05) is 0 Å². The van der Waals surface area contributed by atoms with E-state index in [-0.39, 0.29) is 5.91 Å². The second-order valence-corrected chi connectivity index (χ2v) is 8.94. The Kier molecular flexibility index (Phi) is 4.08. The maximum atomic E-state index is 13.3. The average molecular weight is 384 g/mol. The molecule has 8 nitrogen and oxygen atoms in total. The van der Waals surface area contributed by atoms with Gasteiger partial charge in [-0.15, -0.1) is 10.2 Å². The van der Waals surface area contributed by atoms with Gasteiger partial charge in [-0.25, -0.2) is 0 Å². The summed E-state index contributed by atoms with van der Waals surface area (Å²) < 4.78 is 1.73. The normalized spacial score (nSPS) is 25.1. The first kappa shape index (κ1) is 17.8. The van der Waals surface area contributed by atoms with Crippen molar-refractivity contribution >= 4 is 17.2 Å². The van der Waals surface area contributed by atoms with Crippen LogP contribution < -0.4 is 4.90 Å². The topological polar surface area (TPSA) is 86.9 Å². The molecule has 1 saturated carbocycles. The lowest BCUT2D eigenvalue weighted by Gasteiger charge is -2.48. The minimum absolute atomic E-state index is 0.264. The van der Waals surface area contributed by atoms with Crippen LogP contribution in [0.5, 0.6) is 0 Å². The van der Waals surface area contributed by atoms with E-state index in [1.807, 2.05) is 11.8 Å². The van der Waals surface area contributed by atoms with Crippen molar-refractivity contribution in [1.82, 2.24) is 24.7 Å². The predicted octanol–water partition coefficient (Wildman–Crippen LogP) is 1.33. The second kappa shape index (κ2) is 6.40. The average Bonchev–Trinajstić information content (AvgIpc) is 3.37.